The maximum absolute atomic E-state index is 6.40. The van der Waals surface area contributed by atoms with Crippen molar-refractivity contribution in [2.75, 3.05) is 0 Å². The van der Waals surface area contributed by atoms with E-state index in [1.165, 1.54) is 12.1 Å². The molecule has 68 valence electrons. The van der Waals surface area contributed by atoms with E-state index in [2.05, 4.69) is 37.5 Å². The molecule has 3 heteroatoms. The molecule has 1 unspecified atom stereocenters. The molecule has 0 saturated carbocycles. The molecule has 0 spiro atoms. The van der Waals surface area contributed by atoms with Crippen molar-refractivity contribution in [3.63, 3.8) is 0 Å². The van der Waals surface area contributed by atoms with Crippen LogP contribution in [0.3, 0.4) is 0 Å². The van der Waals surface area contributed by atoms with Crippen molar-refractivity contribution >= 4 is 20.0 Å². The van der Waals surface area contributed by atoms with Crippen LogP contribution < -0.4 is 5.40 Å². The molecule has 0 aromatic heterocycles. The summed E-state index contributed by atoms with van der Waals surface area (Å²) >= 11 is 1.89. The van der Waals surface area contributed by atoms with Crippen molar-refractivity contribution in [2.45, 2.75) is 30.8 Å². The summed E-state index contributed by atoms with van der Waals surface area (Å²) in [7, 11) is -1.47. The Morgan fingerprint density at radius 2 is 2.00 bits per heavy atom. The first-order valence-electron chi connectivity index (χ1n) is 4.50. The average Bonchev–Trinajstić information content (AvgIpc) is 2.18. The average molecular weight is 199 g/mol. The summed E-state index contributed by atoms with van der Waals surface area (Å²) in [6.07, 6.45) is 6.48. The third-order valence-corrected chi connectivity index (χ3v) is 9.12. The molecule has 1 rings (SSSR count). The maximum Gasteiger partial charge on any atom is 0.139 e. The van der Waals surface area contributed by atoms with Gasteiger partial charge in [0.15, 0.2) is 0 Å². The SMILES string of the molecule is CC[Si](N)(CC)C1C=CC=CS1. The highest BCUT2D eigenvalue weighted by molar-refractivity contribution is 8.04. The molecule has 0 aliphatic carbocycles. The van der Waals surface area contributed by atoms with Crippen LogP contribution in [0.1, 0.15) is 13.8 Å². The van der Waals surface area contributed by atoms with Crippen molar-refractivity contribution in [2.24, 2.45) is 5.40 Å². The van der Waals surface area contributed by atoms with Gasteiger partial charge < -0.3 is 5.40 Å². The second kappa shape index (κ2) is 4.30. The molecule has 1 aliphatic rings. The molecule has 0 saturated heterocycles. The number of nitrogens with two attached hydrogens (primary N) is 1. The molecule has 0 bridgehead atoms. The van der Waals surface area contributed by atoms with Crippen molar-refractivity contribution in [1.29, 1.82) is 0 Å². The monoisotopic (exact) mass is 199 g/mol. The number of hydrogen-bond donors (Lipinski definition) is 1. The summed E-state index contributed by atoms with van der Waals surface area (Å²) in [4.78, 5) is 0.595. The highest BCUT2D eigenvalue weighted by Crippen LogP contribution is 2.28. The van der Waals surface area contributed by atoms with E-state index in [0.29, 0.717) is 4.87 Å². The molecule has 0 amide bonds. The lowest BCUT2D eigenvalue weighted by Crippen LogP contribution is -2.53. The van der Waals surface area contributed by atoms with Gasteiger partial charge in [-0.05, 0) is 17.5 Å². The van der Waals surface area contributed by atoms with Gasteiger partial charge in [0.2, 0.25) is 0 Å². The van der Waals surface area contributed by atoms with Crippen LogP contribution in [0.2, 0.25) is 12.1 Å². The molecule has 0 aromatic carbocycles. The van der Waals surface area contributed by atoms with E-state index in [1.807, 2.05) is 11.8 Å². The van der Waals surface area contributed by atoms with Crippen LogP contribution in [-0.2, 0) is 0 Å². The zero-order chi connectivity index (χ0) is 9.03. The summed E-state index contributed by atoms with van der Waals surface area (Å²) in [5.74, 6) is 0. The van der Waals surface area contributed by atoms with E-state index in [4.69, 9.17) is 5.40 Å². The third-order valence-electron chi connectivity index (χ3n) is 2.58. The lowest BCUT2D eigenvalue weighted by atomic mass is 10.5. The highest BCUT2D eigenvalue weighted by Gasteiger charge is 2.33. The van der Waals surface area contributed by atoms with E-state index in [-0.39, 0.29) is 0 Å². The number of rotatable bonds is 3. The van der Waals surface area contributed by atoms with Gasteiger partial charge in [-0.1, -0.05) is 32.1 Å². The molecule has 1 heterocycles. The second-order valence-electron chi connectivity index (χ2n) is 3.21. The van der Waals surface area contributed by atoms with Gasteiger partial charge in [-0.2, -0.15) is 0 Å². The zero-order valence-corrected chi connectivity index (χ0v) is 9.60. The molecule has 2 N–H and O–H groups in total. The Labute approximate surface area is 80.2 Å². The van der Waals surface area contributed by atoms with E-state index in [0.717, 1.165) is 0 Å². The number of thioether (sulfide) groups is 1. The van der Waals surface area contributed by atoms with Gasteiger partial charge in [-0.3, -0.25) is 0 Å². The molecule has 0 fully saturated rings. The largest absolute Gasteiger partial charge is 0.350 e. The molecule has 0 aromatic rings. The van der Waals surface area contributed by atoms with Crippen LogP contribution in [0.5, 0.6) is 0 Å². The number of allylic oxidation sites excluding steroid dienone is 2. The van der Waals surface area contributed by atoms with Crippen LogP contribution in [0.4, 0.5) is 0 Å². The van der Waals surface area contributed by atoms with Gasteiger partial charge >= 0.3 is 0 Å². The molecule has 1 nitrogen and oxygen atoms in total. The van der Waals surface area contributed by atoms with Crippen LogP contribution in [0, 0.1) is 0 Å². The minimum absolute atomic E-state index is 0.595. The predicted octanol–water partition coefficient (Wildman–Crippen LogP) is 2.65. The quantitative estimate of drug-likeness (QED) is 0.707. The van der Waals surface area contributed by atoms with E-state index >= 15 is 0 Å². The van der Waals surface area contributed by atoms with Crippen molar-refractivity contribution in [3.05, 3.63) is 23.6 Å². The Morgan fingerprint density at radius 1 is 1.33 bits per heavy atom. The van der Waals surface area contributed by atoms with Crippen LogP contribution in [0.15, 0.2) is 23.6 Å². The van der Waals surface area contributed by atoms with Crippen LogP contribution in [-0.4, -0.2) is 13.1 Å². The minimum atomic E-state index is -1.47. The van der Waals surface area contributed by atoms with Crippen molar-refractivity contribution < 1.29 is 0 Å². The first-order chi connectivity index (χ1) is 5.73. The summed E-state index contributed by atoms with van der Waals surface area (Å²) in [6.45, 7) is 4.45. The van der Waals surface area contributed by atoms with Gasteiger partial charge in [-0.25, -0.2) is 0 Å². The first kappa shape index (κ1) is 10.1. The van der Waals surface area contributed by atoms with Crippen LogP contribution >= 0.6 is 11.8 Å². The van der Waals surface area contributed by atoms with E-state index < -0.39 is 8.24 Å². The molecule has 1 atom stereocenters. The van der Waals surface area contributed by atoms with Crippen LogP contribution in [0.25, 0.3) is 0 Å². The standard InChI is InChI=1S/C9H17NSSi/c1-3-12(10,4-2)9-7-5-6-8-11-9/h5-9H,3-4,10H2,1-2H3. The molecule has 1 aliphatic heterocycles. The van der Waals surface area contributed by atoms with Gasteiger partial charge in [0.05, 0.1) is 0 Å². The van der Waals surface area contributed by atoms with E-state index in [1.54, 1.807) is 0 Å². The van der Waals surface area contributed by atoms with Crippen molar-refractivity contribution in [3.8, 4) is 0 Å². The maximum atomic E-state index is 6.40. The lowest BCUT2D eigenvalue weighted by molar-refractivity contribution is 1.17. The molecule has 0 radical (unpaired) electrons. The Hall–Kier alpha value is 0.00688. The summed E-state index contributed by atoms with van der Waals surface area (Å²) < 4.78 is 0. The van der Waals surface area contributed by atoms with Gasteiger partial charge in [0.1, 0.15) is 8.24 Å². The fourth-order valence-corrected chi connectivity index (χ4v) is 6.02. The van der Waals surface area contributed by atoms with Crippen molar-refractivity contribution in [1.82, 2.24) is 0 Å². The van der Waals surface area contributed by atoms with E-state index in [9.17, 15) is 0 Å². The Balaban J connectivity index is 2.66. The predicted molar refractivity (Wildman–Crippen MR) is 60.6 cm³/mol. The molecular weight excluding hydrogens is 182 g/mol. The topological polar surface area (TPSA) is 26.0 Å². The second-order valence-corrected chi connectivity index (χ2v) is 9.18. The third kappa shape index (κ3) is 2.03. The Morgan fingerprint density at radius 3 is 2.42 bits per heavy atom. The number of hydrogen-bond acceptors (Lipinski definition) is 2. The highest BCUT2D eigenvalue weighted by atomic mass is 32.2. The summed E-state index contributed by atoms with van der Waals surface area (Å²) in [5.41, 5.74) is 0. The summed E-state index contributed by atoms with van der Waals surface area (Å²) in [6, 6.07) is 2.36. The fourth-order valence-electron chi connectivity index (χ4n) is 1.37. The Kier molecular flexibility index (Phi) is 3.62. The normalized spacial score (nSPS) is 23.1. The van der Waals surface area contributed by atoms with Gasteiger partial charge in [-0.15, -0.1) is 11.8 Å². The minimum Gasteiger partial charge on any atom is -0.350 e. The molecular formula is C9H17NSSi. The first-order valence-corrected chi connectivity index (χ1v) is 8.02. The zero-order valence-electron chi connectivity index (χ0n) is 7.79. The van der Waals surface area contributed by atoms with Gasteiger partial charge in [0.25, 0.3) is 0 Å². The Bertz CT molecular complexity index is 197. The molecule has 12 heavy (non-hydrogen) atoms. The van der Waals surface area contributed by atoms with Gasteiger partial charge in [0, 0.05) is 4.87 Å². The summed E-state index contributed by atoms with van der Waals surface area (Å²) in [5, 5.41) is 8.56. The smallest absolute Gasteiger partial charge is 0.139 e. The lowest BCUT2D eigenvalue weighted by Gasteiger charge is -2.31. The fraction of sp³-hybridized carbons (Fsp3) is 0.556.